The Kier molecular flexibility index (Phi) is 5.94. The van der Waals surface area contributed by atoms with E-state index in [1.165, 1.54) is 5.56 Å². The molecule has 1 N–H and O–H groups in total. The molecule has 0 radical (unpaired) electrons. The highest BCUT2D eigenvalue weighted by Crippen LogP contribution is 2.21. The molecule has 1 atom stereocenters. The van der Waals surface area contributed by atoms with E-state index in [1.807, 2.05) is 24.3 Å². The first-order valence-corrected chi connectivity index (χ1v) is 9.39. The monoisotopic (exact) mass is 370 g/mol. The van der Waals surface area contributed by atoms with Crippen LogP contribution >= 0.6 is 11.6 Å². The molecule has 1 heterocycles. The van der Waals surface area contributed by atoms with Crippen molar-refractivity contribution < 1.29 is 9.59 Å². The number of hydrogen-bond acceptors (Lipinski definition) is 2. The third-order valence-electron chi connectivity index (χ3n) is 4.80. The summed E-state index contributed by atoms with van der Waals surface area (Å²) >= 11 is 5.89. The Hall–Kier alpha value is -2.33. The second kappa shape index (κ2) is 8.37. The molecule has 0 unspecified atom stereocenters. The van der Waals surface area contributed by atoms with Gasteiger partial charge in [0.15, 0.2) is 0 Å². The van der Waals surface area contributed by atoms with Crippen LogP contribution in [0.25, 0.3) is 0 Å². The number of carbonyl (C=O) groups excluding carboxylic acids is 2. The van der Waals surface area contributed by atoms with Gasteiger partial charge in [0.1, 0.15) is 0 Å². The number of benzene rings is 2. The topological polar surface area (TPSA) is 49.4 Å². The van der Waals surface area contributed by atoms with Gasteiger partial charge in [-0.1, -0.05) is 30.7 Å². The van der Waals surface area contributed by atoms with Gasteiger partial charge in [-0.15, -0.1) is 0 Å². The normalized spacial score (nSPS) is 17.0. The molecule has 0 spiro atoms. The molecule has 136 valence electrons. The summed E-state index contributed by atoms with van der Waals surface area (Å²) in [5, 5.41) is 3.58. The van der Waals surface area contributed by atoms with Gasteiger partial charge in [0.25, 0.3) is 5.91 Å². The number of nitrogens with zero attached hydrogens (tertiary/aromatic N) is 1. The van der Waals surface area contributed by atoms with Gasteiger partial charge in [0.05, 0.1) is 5.92 Å². The molecule has 0 bridgehead atoms. The summed E-state index contributed by atoms with van der Waals surface area (Å²) in [6.07, 6.45) is 2.59. The predicted octanol–water partition coefficient (Wildman–Crippen LogP) is 4.39. The van der Waals surface area contributed by atoms with Crippen LogP contribution in [-0.2, 0) is 11.2 Å². The van der Waals surface area contributed by atoms with Crippen LogP contribution < -0.4 is 5.32 Å². The Balaban J connectivity index is 1.62. The predicted molar refractivity (Wildman–Crippen MR) is 105 cm³/mol. The lowest BCUT2D eigenvalue weighted by Gasteiger charge is -2.32. The third kappa shape index (κ3) is 4.44. The van der Waals surface area contributed by atoms with Gasteiger partial charge in [0.2, 0.25) is 5.91 Å². The number of aryl methyl sites for hydroxylation is 1. The lowest BCUT2D eigenvalue weighted by Crippen LogP contribution is -2.43. The number of nitrogens with one attached hydrogen (secondary N) is 1. The second-order valence-electron chi connectivity index (χ2n) is 6.64. The molecule has 1 saturated heterocycles. The summed E-state index contributed by atoms with van der Waals surface area (Å²) < 4.78 is 0. The van der Waals surface area contributed by atoms with Gasteiger partial charge in [-0.2, -0.15) is 0 Å². The highest BCUT2D eigenvalue weighted by Gasteiger charge is 2.29. The third-order valence-corrected chi connectivity index (χ3v) is 5.05. The Bertz CT molecular complexity index is 772. The van der Waals surface area contributed by atoms with Crippen molar-refractivity contribution in [2.45, 2.75) is 26.2 Å². The van der Waals surface area contributed by atoms with Crippen molar-refractivity contribution in [1.82, 2.24) is 4.90 Å². The Labute approximate surface area is 159 Å². The number of anilines is 1. The first-order chi connectivity index (χ1) is 12.6. The number of rotatable bonds is 4. The lowest BCUT2D eigenvalue weighted by atomic mass is 9.96. The van der Waals surface area contributed by atoms with E-state index >= 15 is 0 Å². The highest BCUT2D eigenvalue weighted by molar-refractivity contribution is 6.30. The molecule has 2 aromatic rings. The van der Waals surface area contributed by atoms with Crippen molar-refractivity contribution in [1.29, 1.82) is 0 Å². The molecule has 2 amide bonds. The number of carbonyl (C=O) groups is 2. The molecular weight excluding hydrogens is 348 g/mol. The summed E-state index contributed by atoms with van der Waals surface area (Å²) in [7, 11) is 0. The van der Waals surface area contributed by atoms with Gasteiger partial charge in [0, 0.05) is 29.4 Å². The summed E-state index contributed by atoms with van der Waals surface area (Å²) in [5.41, 5.74) is 2.64. The minimum absolute atomic E-state index is 0.0251. The maximum Gasteiger partial charge on any atom is 0.253 e. The first kappa shape index (κ1) is 18.5. The van der Waals surface area contributed by atoms with Crippen LogP contribution in [-0.4, -0.2) is 29.8 Å². The van der Waals surface area contributed by atoms with Crippen molar-refractivity contribution >= 4 is 29.1 Å². The van der Waals surface area contributed by atoms with Gasteiger partial charge in [-0.3, -0.25) is 9.59 Å². The zero-order valence-electron chi connectivity index (χ0n) is 14.9. The number of piperidine rings is 1. The minimum atomic E-state index is -0.189. The average Bonchev–Trinajstić information content (AvgIpc) is 2.68. The number of hydrogen-bond donors (Lipinski definition) is 1. The molecule has 2 aromatic carbocycles. The zero-order valence-corrected chi connectivity index (χ0v) is 15.6. The van der Waals surface area contributed by atoms with E-state index in [0.717, 1.165) is 24.9 Å². The van der Waals surface area contributed by atoms with E-state index in [-0.39, 0.29) is 17.7 Å². The maximum absolute atomic E-state index is 12.7. The van der Waals surface area contributed by atoms with Crippen LogP contribution in [0.3, 0.4) is 0 Å². The summed E-state index contributed by atoms with van der Waals surface area (Å²) in [6.45, 7) is 3.22. The van der Waals surface area contributed by atoms with Crippen molar-refractivity contribution in [3.05, 3.63) is 64.7 Å². The summed E-state index contributed by atoms with van der Waals surface area (Å²) in [6, 6.07) is 14.8. The van der Waals surface area contributed by atoms with E-state index < -0.39 is 0 Å². The molecule has 1 fully saturated rings. The van der Waals surface area contributed by atoms with Gasteiger partial charge < -0.3 is 10.2 Å². The van der Waals surface area contributed by atoms with Gasteiger partial charge in [-0.25, -0.2) is 0 Å². The summed E-state index contributed by atoms with van der Waals surface area (Å²) in [4.78, 5) is 27.0. The molecule has 3 rings (SSSR count). The van der Waals surface area contributed by atoms with Crippen LogP contribution in [0.4, 0.5) is 5.69 Å². The van der Waals surface area contributed by atoms with Gasteiger partial charge >= 0.3 is 0 Å². The van der Waals surface area contributed by atoms with Gasteiger partial charge in [-0.05, 0) is 61.2 Å². The van der Waals surface area contributed by atoms with E-state index in [4.69, 9.17) is 11.6 Å². The first-order valence-electron chi connectivity index (χ1n) is 9.01. The second-order valence-corrected chi connectivity index (χ2v) is 7.07. The van der Waals surface area contributed by atoms with Crippen LogP contribution in [0.5, 0.6) is 0 Å². The number of halogens is 1. The molecule has 26 heavy (non-hydrogen) atoms. The molecule has 0 aromatic heterocycles. The van der Waals surface area contributed by atoms with E-state index in [1.54, 1.807) is 29.2 Å². The number of amides is 2. The van der Waals surface area contributed by atoms with Crippen LogP contribution in [0, 0.1) is 5.92 Å². The van der Waals surface area contributed by atoms with Crippen molar-refractivity contribution in [3.63, 3.8) is 0 Å². The van der Waals surface area contributed by atoms with Crippen LogP contribution in [0.15, 0.2) is 48.5 Å². The highest BCUT2D eigenvalue weighted by atomic mass is 35.5. The Morgan fingerprint density at radius 1 is 1.12 bits per heavy atom. The van der Waals surface area contributed by atoms with E-state index in [0.29, 0.717) is 23.7 Å². The maximum atomic E-state index is 12.7. The largest absolute Gasteiger partial charge is 0.338 e. The fourth-order valence-corrected chi connectivity index (χ4v) is 3.34. The molecule has 0 aliphatic carbocycles. The Morgan fingerprint density at radius 2 is 1.81 bits per heavy atom. The molecule has 4 nitrogen and oxygen atoms in total. The molecule has 1 aliphatic heterocycles. The van der Waals surface area contributed by atoms with E-state index in [9.17, 15) is 9.59 Å². The van der Waals surface area contributed by atoms with Crippen LogP contribution in [0.1, 0.15) is 35.7 Å². The SMILES string of the molecule is CCc1ccc(NC(=O)[C@H]2CCCN(C(=O)c3ccc(Cl)cc3)C2)cc1. The number of likely N-dealkylation sites (tertiary alicyclic amines) is 1. The van der Waals surface area contributed by atoms with Crippen molar-refractivity contribution in [2.75, 3.05) is 18.4 Å². The average molecular weight is 371 g/mol. The van der Waals surface area contributed by atoms with Crippen LogP contribution in [0.2, 0.25) is 5.02 Å². The summed E-state index contributed by atoms with van der Waals surface area (Å²) in [5.74, 6) is -0.264. The minimum Gasteiger partial charge on any atom is -0.338 e. The quantitative estimate of drug-likeness (QED) is 0.867. The lowest BCUT2D eigenvalue weighted by molar-refractivity contribution is -0.121. The van der Waals surface area contributed by atoms with Crippen molar-refractivity contribution in [3.8, 4) is 0 Å². The Morgan fingerprint density at radius 3 is 2.46 bits per heavy atom. The van der Waals surface area contributed by atoms with E-state index in [2.05, 4.69) is 12.2 Å². The standard InChI is InChI=1S/C21H23ClN2O2/c1-2-15-5-11-19(12-6-15)23-20(25)17-4-3-13-24(14-17)21(26)16-7-9-18(22)10-8-16/h5-12,17H,2-4,13-14H2,1H3,(H,23,25)/t17-/m0/s1. The zero-order chi connectivity index (χ0) is 18.5. The molecule has 0 saturated carbocycles. The fraction of sp³-hybridized carbons (Fsp3) is 0.333. The molecule has 5 heteroatoms. The van der Waals surface area contributed by atoms with Crippen molar-refractivity contribution in [2.24, 2.45) is 5.92 Å². The molecule has 1 aliphatic rings. The fourth-order valence-electron chi connectivity index (χ4n) is 3.22. The molecular formula is C21H23ClN2O2. The smallest absolute Gasteiger partial charge is 0.253 e.